The summed E-state index contributed by atoms with van der Waals surface area (Å²) >= 11 is 0. The van der Waals surface area contributed by atoms with Crippen LogP contribution < -0.4 is 20.7 Å². The van der Waals surface area contributed by atoms with Gasteiger partial charge >= 0.3 is 0 Å². The molecule has 1 aromatic carbocycles. The van der Waals surface area contributed by atoms with Crippen LogP contribution >= 0.6 is 0 Å². The molecule has 1 atom stereocenters. The summed E-state index contributed by atoms with van der Waals surface area (Å²) in [7, 11) is 2.06. The Morgan fingerprint density at radius 3 is 2.69 bits per heavy atom. The SMILES string of the molecule is CC\C=C/C(=C\C=C\F)NC(=O)C(C)(CC)C(=O)Nc1ccc(OC2=CC=Nc3nc(NCCCN(C)CCOCC)cnc3C2)c(F)c1. The van der Waals surface area contributed by atoms with Gasteiger partial charge in [-0.15, -0.1) is 0 Å². The highest BCUT2D eigenvalue weighted by atomic mass is 19.1. The minimum atomic E-state index is -1.50. The molecule has 11 nitrogen and oxygen atoms in total. The number of halogens is 2. The van der Waals surface area contributed by atoms with Crippen LogP contribution in [0.1, 0.15) is 52.7 Å². The van der Waals surface area contributed by atoms with Crippen LogP contribution in [0.2, 0.25) is 0 Å². The molecule has 0 saturated heterocycles. The summed E-state index contributed by atoms with van der Waals surface area (Å²) in [4.78, 5) is 42.1. The number of aliphatic imine (C=N–C) groups is 1. The summed E-state index contributed by atoms with van der Waals surface area (Å²) in [6.07, 6.45) is 13.1. The maximum absolute atomic E-state index is 15.2. The molecule has 49 heavy (non-hydrogen) atoms. The summed E-state index contributed by atoms with van der Waals surface area (Å²) in [6.45, 7) is 11.0. The molecule has 2 amide bonds. The fourth-order valence-electron chi connectivity index (χ4n) is 4.53. The molecule has 0 radical (unpaired) electrons. The third kappa shape index (κ3) is 12.0. The van der Waals surface area contributed by atoms with E-state index in [1.54, 1.807) is 31.3 Å². The van der Waals surface area contributed by atoms with Crippen molar-refractivity contribution in [3.8, 4) is 5.75 Å². The minimum Gasteiger partial charge on any atom is -0.458 e. The summed E-state index contributed by atoms with van der Waals surface area (Å²) in [5, 5.41) is 8.59. The van der Waals surface area contributed by atoms with Gasteiger partial charge in [-0.3, -0.25) is 14.6 Å². The predicted octanol–water partition coefficient (Wildman–Crippen LogP) is 6.41. The van der Waals surface area contributed by atoms with Gasteiger partial charge in [0.25, 0.3) is 0 Å². The Morgan fingerprint density at radius 2 is 1.98 bits per heavy atom. The lowest BCUT2D eigenvalue weighted by Gasteiger charge is -2.26. The number of amides is 2. The Bertz CT molecular complexity index is 1570. The lowest BCUT2D eigenvalue weighted by atomic mass is 9.85. The molecule has 264 valence electrons. The van der Waals surface area contributed by atoms with Crippen molar-refractivity contribution < 1.29 is 27.8 Å². The van der Waals surface area contributed by atoms with Crippen LogP contribution in [0.5, 0.6) is 5.75 Å². The molecule has 1 aliphatic heterocycles. The molecule has 2 heterocycles. The lowest BCUT2D eigenvalue weighted by molar-refractivity contribution is -0.139. The number of aromatic nitrogens is 2. The third-order valence-corrected chi connectivity index (χ3v) is 7.75. The first-order valence-electron chi connectivity index (χ1n) is 16.5. The van der Waals surface area contributed by atoms with Crippen molar-refractivity contribution in [3.63, 3.8) is 0 Å². The lowest BCUT2D eigenvalue weighted by Crippen LogP contribution is -2.46. The zero-order chi connectivity index (χ0) is 35.6. The second-order valence-corrected chi connectivity index (χ2v) is 11.5. The molecule has 0 spiro atoms. The number of fused-ring (bicyclic) bond motifs is 1. The Labute approximate surface area is 287 Å². The molecule has 1 aliphatic rings. The van der Waals surface area contributed by atoms with Crippen LogP contribution in [-0.2, 0) is 20.7 Å². The van der Waals surface area contributed by atoms with Crippen molar-refractivity contribution in [2.75, 3.05) is 50.5 Å². The van der Waals surface area contributed by atoms with Crippen molar-refractivity contribution in [1.82, 2.24) is 20.2 Å². The molecule has 1 aromatic heterocycles. The standard InChI is InChI=1S/C36H47F2N7O4/c1-6-9-12-26(13-10-17-37)42-34(46)36(4,7-2)35(47)43-27-14-15-31(29(38)23-27)49-28-16-19-40-33-30(24-28)41-25-32(44-33)39-18-11-20-45(5)21-22-48-8-3/h9-10,12-17,19,23,25H,6-8,11,18,20-22,24H2,1-5H3,(H,39,44)(H,42,46)(H,43,47)/b12-9-,17-10+,26-13+. The molecule has 13 heteroatoms. The average Bonchev–Trinajstić information content (AvgIpc) is 3.30. The van der Waals surface area contributed by atoms with Gasteiger partial charge in [0, 0.05) is 43.4 Å². The number of carbonyl (C=O) groups is 2. The Kier molecular flexibility index (Phi) is 15.7. The minimum absolute atomic E-state index is 0.0621. The van der Waals surface area contributed by atoms with Crippen molar-refractivity contribution in [3.05, 3.63) is 84.1 Å². The van der Waals surface area contributed by atoms with Gasteiger partial charge < -0.3 is 30.3 Å². The van der Waals surface area contributed by atoms with Gasteiger partial charge in [0.15, 0.2) is 17.4 Å². The van der Waals surface area contributed by atoms with Gasteiger partial charge in [0.1, 0.15) is 17.0 Å². The number of carbonyl (C=O) groups excluding carboxylic acids is 2. The molecule has 0 bridgehead atoms. The van der Waals surface area contributed by atoms with Crippen molar-refractivity contribution in [1.29, 1.82) is 0 Å². The second-order valence-electron chi connectivity index (χ2n) is 11.5. The number of anilines is 2. The maximum atomic E-state index is 15.2. The van der Waals surface area contributed by atoms with E-state index in [-0.39, 0.29) is 24.3 Å². The monoisotopic (exact) mass is 679 g/mol. The zero-order valence-corrected chi connectivity index (χ0v) is 28.9. The fraction of sp³-hybridized carbons (Fsp3) is 0.417. The van der Waals surface area contributed by atoms with E-state index in [1.807, 2.05) is 13.8 Å². The van der Waals surface area contributed by atoms with Crippen LogP contribution in [0.4, 0.5) is 26.1 Å². The van der Waals surface area contributed by atoms with Crippen molar-refractivity contribution >= 4 is 35.4 Å². The number of hydrogen-bond donors (Lipinski definition) is 3. The molecule has 2 aromatic rings. The molecular formula is C36H47F2N7O4. The zero-order valence-electron chi connectivity index (χ0n) is 28.9. The van der Waals surface area contributed by atoms with E-state index in [9.17, 15) is 14.0 Å². The number of benzene rings is 1. The van der Waals surface area contributed by atoms with E-state index in [2.05, 4.69) is 42.9 Å². The first-order valence-corrected chi connectivity index (χ1v) is 16.5. The number of hydrogen-bond acceptors (Lipinski definition) is 9. The quantitative estimate of drug-likeness (QED) is 0.0883. The summed E-state index contributed by atoms with van der Waals surface area (Å²) in [5.74, 6) is -0.538. The van der Waals surface area contributed by atoms with Crippen LogP contribution in [0.15, 0.2) is 77.6 Å². The molecule has 1 unspecified atom stereocenters. The molecule has 0 aliphatic carbocycles. The van der Waals surface area contributed by atoms with Gasteiger partial charge in [-0.1, -0.05) is 19.9 Å². The molecule has 3 rings (SSSR count). The topological polar surface area (TPSA) is 130 Å². The normalized spacial score (nSPS) is 14.4. The Morgan fingerprint density at radius 1 is 1.16 bits per heavy atom. The summed E-state index contributed by atoms with van der Waals surface area (Å²) in [6, 6.07) is 4.00. The van der Waals surface area contributed by atoms with Gasteiger partial charge in [0.2, 0.25) is 11.8 Å². The Balaban J connectivity index is 1.59. The predicted molar refractivity (Wildman–Crippen MR) is 189 cm³/mol. The van der Waals surface area contributed by atoms with Gasteiger partial charge in [-0.2, -0.15) is 0 Å². The van der Waals surface area contributed by atoms with Crippen LogP contribution in [0.25, 0.3) is 0 Å². The van der Waals surface area contributed by atoms with Gasteiger partial charge in [0.05, 0.1) is 31.2 Å². The summed E-state index contributed by atoms with van der Waals surface area (Å²) < 4.78 is 39.0. The molecule has 3 N–H and O–H groups in total. The number of rotatable bonds is 19. The van der Waals surface area contributed by atoms with E-state index in [0.29, 0.717) is 54.8 Å². The number of likely N-dealkylation sites (N-methyl/N-ethyl adjacent to an activating group) is 1. The third-order valence-electron chi connectivity index (χ3n) is 7.75. The van der Waals surface area contributed by atoms with E-state index in [1.165, 1.54) is 31.3 Å². The first kappa shape index (κ1) is 38.7. The average molecular weight is 680 g/mol. The molecule has 0 fully saturated rings. The van der Waals surface area contributed by atoms with Crippen LogP contribution in [-0.4, -0.2) is 72.8 Å². The van der Waals surface area contributed by atoms with E-state index in [0.717, 1.165) is 38.2 Å². The number of nitrogens with zero attached hydrogens (tertiary/aromatic N) is 4. The highest BCUT2D eigenvalue weighted by Crippen LogP contribution is 2.29. The first-order chi connectivity index (χ1) is 23.6. The summed E-state index contributed by atoms with van der Waals surface area (Å²) in [5.41, 5.74) is -0.451. The van der Waals surface area contributed by atoms with Crippen molar-refractivity contribution in [2.45, 2.75) is 53.4 Å². The van der Waals surface area contributed by atoms with Gasteiger partial charge in [-0.25, -0.2) is 18.8 Å². The molecule has 0 saturated carbocycles. The number of nitrogens with one attached hydrogen (secondary N) is 3. The van der Waals surface area contributed by atoms with Crippen molar-refractivity contribution in [2.24, 2.45) is 10.4 Å². The largest absolute Gasteiger partial charge is 0.458 e. The van der Waals surface area contributed by atoms with Gasteiger partial charge in [-0.05, 0) is 83.1 Å². The van der Waals surface area contributed by atoms with E-state index >= 15 is 4.39 Å². The second kappa shape index (κ2) is 19.9. The fourth-order valence-corrected chi connectivity index (χ4v) is 4.53. The Hall–Kier alpha value is -4.75. The van der Waals surface area contributed by atoms with Crippen LogP contribution in [0, 0.1) is 11.2 Å². The maximum Gasteiger partial charge on any atom is 0.239 e. The van der Waals surface area contributed by atoms with E-state index in [4.69, 9.17) is 9.47 Å². The van der Waals surface area contributed by atoms with E-state index < -0.39 is 23.0 Å². The highest BCUT2D eigenvalue weighted by Gasteiger charge is 2.39. The smallest absolute Gasteiger partial charge is 0.239 e. The van der Waals surface area contributed by atoms with Crippen LogP contribution in [0.3, 0.4) is 0 Å². The highest BCUT2D eigenvalue weighted by molar-refractivity contribution is 6.10. The number of allylic oxidation sites excluding steroid dienone is 6. The number of ether oxygens (including phenoxy) is 2. The molecular weight excluding hydrogens is 632 g/mol.